The molecule has 0 aliphatic rings. The molecule has 0 saturated carbocycles. The van der Waals surface area contributed by atoms with Crippen molar-refractivity contribution in [2.24, 2.45) is 11.1 Å². The normalized spacial score (nSPS) is 13.5. The number of carboxylic acid groups (broad SMARTS) is 1. The second-order valence-corrected chi connectivity index (χ2v) is 5.23. The first-order valence-corrected chi connectivity index (χ1v) is 5.75. The molecule has 1 aromatic rings. The van der Waals surface area contributed by atoms with Gasteiger partial charge in [0.1, 0.15) is 0 Å². The first-order chi connectivity index (χ1) is 7.69. The van der Waals surface area contributed by atoms with Crippen molar-refractivity contribution in [3.8, 4) is 0 Å². The van der Waals surface area contributed by atoms with Crippen molar-refractivity contribution in [3.63, 3.8) is 0 Å². The lowest BCUT2D eigenvalue weighted by atomic mass is 9.79. The van der Waals surface area contributed by atoms with Crippen molar-refractivity contribution in [2.75, 3.05) is 0 Å². The number of carbonyl (C=O) groups is 1. The lowest BCUT2D eigenvalue weighted by molar-refractivity contribution is -0.148. The molecule has 3 nitrogen and oxygen atoms in total. The topological polar surface area (TPSA) is 63.3 Å². The van der Waals surface area contributed by atoms with Crippen LogP contribution in [-0.2, 0) is 4.79 Å². The quantitative estimate of drug-likeness (QED) is 0.846. The van der Waals surface area contributed by atoms with E-state index in [0.717, 1.165) is 11.1 Å². The first-order valence-electron chi connectivity index (χ1n) is 5.75. The van der Waals surface area contributed by atoms with Gasteiger partial charge in [-0.25, -0.2) is 0 Å². The predicted octanol–water partition coefficient (Wildman–Crippen LogP) is 2.72. The Morgan fingerprint density at radius 1 is 1.24 bits per heavy atom. The highest BCUT2D eigenvalue weighted by atomic mass is 16.4. The van der Waals surface area contributed by atoms with Gasteiger partial charge in [0.2, 0.25) is 0 Å². The number of rotatable bonds is 3. The number of nitrogens with two attached hydrogens (primary N) is 1. The van der Waals surface area contributed by atoms with E-state index in [9.17, 15) is 9.90 Å². The minimum absolute atomic E-state index is 0.501. The van der Waals surface area contributed by atoms with E-state index in [1.54, 1.807) is 13.8 Å². The molecule has 0 aliphatic heterocycles. The highest BCUT2D eigenvalue weighted by Crippen LogP contribution is 2.34. The summed E-state index contributed by atoms with van der Waals surface area (Å²) in [6, 6.07) is 3.43. The number of aliphatic carboxylic acids is 1. The third kappa shape index (κ3) is 2.34. The molecule has 1 unspecified atom stereocenters. The van der Waals surface area contributed by atoms with Crippen molar-refractivity contribution in [3.05, 3.63) is 34.4 Å². The second kappa shape index (κ2) is 4.49. The summed E-state index contributed by atoms with van der Waals surface area (Å²) in [7, 11) is 0. The molecule has 0 radical (unpaired) electrons. The molecule has 0 amide bonds. The lowest BCUT2D eigenvalue weighted by Gasteiger charge is -2.29. The van der Waals surface area contributed by atoms with E-state index in [0.29, 0.717) is 0 Å². The van der Waals surface area contributed by atoms with E-state index in [1.807, 2.05) is 32.9 Å². The lowest BCUT2D eigenvalue weighted by Crippen LogP contribution is -2.36. The van der Waals surface area contributed by atoms with Crippen LogP contribution in [-0.4, -0.2) is 11.1 Å². The molecule has 1 atom stereocenters. The molecule has 3 N–H and O–H groups in total. The van der Waals surface area contributed by atoms with Gasteiger partial charge in [0.05, 0.1) is 5.41 Å². The van der Waals surface area contributed by atoms with Gasteiger partial charge in [0, 0.05) is 6.04 Å². The Morgan fingerprint density at radius 2 is 1.76 bits per heavy atom. The zero-order valence-corrected chi connectivity index (χ0v) is 11.2. The first kappa shape index (κ1) is 13.7. The molecule has 0 aromatic heterocycles. The van der Waals surface area contributed by atoms with E-state index in [-0.39, 0.29) is 0 Å². The highest BCUT2D eigenvalue weighted by molar-refractivity contribution is 5.75. The molecular weight excluding hydrogens is 214 g/mol. The van der Waals surface area contributed by atoms with Crippen LogP contribution in [0.15, 0.2) is 12.1 Å². The molecule has 0 heterocycles. The van der Waals surface area contributed by atoms with Crippen molar-refractivity contribution >= 4 is 5.97 Å². The molecule has 3 heteroatoms. The van der Waals surface area contributed by atoms with Crippen LogP contribution in [0, 0.1) is 26.2 Å². The molecule has 0 fully saturated rings. The van der Waals surface area contributed by atoms with E-state index in [2.05, 4.69) is 0 Å². The van der Waals surface area contributed by atoms with E-state index in [4.69, 9.17) is 5.73 Å². The smallest absolute Gasteiger partial charge is 0.311 e. The maximum atomic E-state index is 11.2. The Morgan fingerprint density at radius 3 is 2.24 bits per heavy atom. The number of benzene rings is 1. The monoisotopic (exact) mass is 235 g/mol. The predicted molar refractivity (Wildman–Crippen MR) is 69.0 cm³/mol. The van der Waals surface area contributed by atoms with Crippen molar-refractivity contribution < 1.29 is 9.90 Å². The van der Waals surface area contributed by atoms with Gasteiger partial charge in [-0.15, -0.1) is 0 Å². The number of hydrogen-bond acceptors (Lipinski definition) is 2. The van der Waals surface area contributed by atoms with Crippen LogP contribution in [0.25, 0.3) is 0 Å². The van der Waals surface area contributed by atoms with Crippen LogP contribution in [0.3, 0.4) is 0 Å². The summed E-state index contributed by atoms with van der Waals surface area (Å²) < 4.78 is 0. The summed E-state index contributed by atoms with van der Waals surface area (Å²) in [6.07, 6.45) is 0. The third-order valence-electron chi connectivity index (χ3n) is 3.76. The Hall–Kier alpha value is -1.35. The number of carboxylic acids is 1. The summed E-state index contributed by atoms with van der Waals surface area (Å²) in [5, 5.41) is 9.21. The third-order valence-corrected chi connectivity index (χ3v) is 3.76. The van der Waals surface area contributed by atoms with Gasteiger partial charge >= 0.3 is 5.97 Å². The molecule has 1 rings (SSSR count). The van der Waals surface area contributed by atoms with E-state index < -0.39 is 17.4 Å². The van der Waals surface area contributed by atoms with Crippen LogP contribution in [0.5, 0.6) is 0 Å². The molecule has 0 saturated heterocycles. The van der Waals surface area contributed by atoms with Crippen molar-refractivity contribution in [2.45, 2.75) is 40.7 Å². The zero-order valence-electron chi connectivity index (χ0n) is 11.2. The summed E-state index contributed by atoms with van der Waals surface area (Å²) in [4.78, 5) is 11.2. The van der Waals surface area contributed by atoms with Crippen LogP contribution in [0.4, 0.5) is 0 Å². The maximum absolute atomic E-state index is 11.2. The van der Waals surface area contributed by atoms with Gasteiger partial charge in [0.15, 0.2) is 0 Å². The molecule has 0 spiro atoms. The minimum Gasteiger partial charge on any atom is -0.481 e. The Balaban J connectivity index is 3.27. The fraction of sp³-hybridized carbons (Fsp3) is 0.500. The fourth-order valence-electron chi connectivity index (χ4n) is 1.84. The zero-order chi connectivity index (χ0) is 13.4. The van der Waals surface area contributed by atoms with Gasteiger partial charge in [-0.05, 0) is 56.9 Å². The molecular formula is C14H21NO2. The molecule has 17 heavy (non-hydrogen) atoms. The van der Waals surface area contributed by atoms with Gasteiger partial charge in [-0.1, -0.05) is 12.1 Å². The Labute approximate surface area is 103 Å². The number of hydrogen-bond donors (Lipinski definition) is 2. The standard InChI is InChI=1S/C14H21NO2/c1-8-6-7-11(10(3)9(8)2)12(15)14(4,5)13(16)17/h6-7,12H,15H2,1-5H3,(H,16,17). The van der Waals surface area contributed by atoms with Gasteiger partial charge in [-0.2, -0.15) is 0 Å². The van der Waals surface area contributed by atoms with E-state index >= 15 is 0 Å². The van der Waals surface area contributed by atoms with Gasteiger partial charge in [0.25, 0.3) is 0 Å². The summed E-state index contributed by atoms with van der Waals surface area (Å²) in [6.45, 7) is 9.40. The van der Waals surface area contributed by atoms with Crippen LogP contribution >= 0.6 is 0 Å². The Bertz CT molecular complexity index is 450. The minimum atomic E-state index is -0.966. The van der Waals surface area contributed by atoms with Crippen LogP contribution < -0.4 is 5.73 Å². The summed E-state index contributed by atoms with van der Waals surface area (Å²) in [5.41, 5.74) is 9.53. The average Bonchev–Trinajstić information content (AvgIpc) is 2.25. The Kier molecular flexibility index (Phi) is 3.62. The second-order valence-electron chi connectivity index (χ2n) is 5.23. The largest absolute Gasteiger partial charge is 0.481 e. The van der Waals surface area contributed by atoms with Gasteiger partial charge in [-0.3, -0.25) is 4.79 Å². The maximum Gasteiger partial charge on any atom is 0.311 e. The molecule has 0 bridgehead atoms. The van der Waals surface area contributed by atoms with Crippen molar-refractivity contribution in [1.29, 1.82) is 0 Å². The van der Waals surface area contributed by atoms with Crippen LogP contribution in [0.1, 0.15) is 42.1 Å². The average molecular weight is 235 g/mol. The highest BCUT2D eigenvalue weighted by Gasteiger charge is 2.36. The number of aryl methyl sites for hydroxylation is 1. The van der Waals surface area contributed by atoms with E-state index in [1.165, 1.54) is 11.1 Å². The molecule has 0 aliphatic carbocycles. The van der Waals surface area contributed by atoms with Crippen LogP contribution in [0.2, 0.25) is 0 Å². The fourth-order valence-corrected chi connectivity index (χ4v) is 1.84. The van der Waals surface area contributed by atoms with Crippen molar-refractivity contribution in [1.82, 2.24) is 0 Å². The molecule has 94 valence electrons. The summed E-state index contributed by atoms with van der Waals surface area (Å²) in [5.74, 6) is -0.873. The van der Waals surface area contributed by atoms with Gasteiger partial charge < -0.3 is 10.8 Å². The summed E-state index contributed by atoms with van der Waals surface area (Å²) >= 11 is 0. The molecule has 1 aromatic carbocycles. The SMILES string of the molecule is Cc1ccc(C(N)C(C)(C)C(=O)O)c(C)c1C.